The maximum atomic E-state index is 6.08. The van der Waals surface area contributed by atoms with Crippen molar-refractivity contribution in [3.8, 4) is 0 Å². The summed E-state index contributed by atoms with van der Waals surface area (Å²) in [5.41, 5.74) is 9.31. The Kier molecular flexibility index (Phi) is 5.46. The van der Waals surface area contributed by atoms with Crippen LogP contribution in [0.1, 0.15) is 11.1 Å². The van der Waals surface area contributed by atoms with Gasteiger partial charge < -0.3 is 10.6 Å². The van der Waals surface area contributed by atoms with Gasteiger partial charge in [-0.3, -0.25) is 0 Å². The first-order valence-corrected chi connectivity index (χ1v) is 7.72. The van der Waals surface area contributed by atoms with Crippen LogP contribution in [0.4, 0.5) is 5.69 Å². The lowest BCUT2D eigenvalue weighted by Crippen LogP contribution is -2.19. The van der Waals surface area contributed by atoms with Crippen molar-refractivity contribution in [3.05, 3.63) is 63.1 Å². The Bertz CT molecular complexity index is 586. The largest absolute Gasteiger partial charge is 0.370 e. The van der Waals surface area contributed by atoms with Crippen LogP contribution in [0.2, 0.25) is 5.02 Å². The molecule has 2 aromatic rings. The van der Waals surface area contributed by atoms with Crippen molar-refractivity contribution in [1.82, 2.24) is 0 Å². The molecule has 0 amide bonds. The second-order valence-electron chi connectivity index (χ2n) is 4.76. The van der Waals surface area contributed by atoms with Gasteiger partial charge in [-0.15, -0.1) is 0 Å². The zero-order valence-corrected chi connectivity index (χ0v) is 13.8. The molecular weight excluding hydrogens is 336 g/mol. The summed E-state index contributed by atoms with van der Waals surface area (Å²) in [5.74, 6) is 0. The first-order chi connectivity index (χ1) is 9.61. The molecule has 0 aromatic heterocycles. The molecule has 0 bridgehead atoms. The van der Waals surface area contributed by atoms with E-state index in [9.17, 15) is 0 Å². The van der Waals surface area contributed by atoms with Gasteiger partial charge in [0.05, 0.1) is 0 Å². The minimum absolute atomic E-state index is 0.621. The molecule has 0 aliphatic carbocycles. The number of rotatable bonds is 5. The molecule has 2 nitrogen and oxygen atoms in total. The molecule has 0 fully saturated rings. The van der Waals surface area contributed by atoms with Crippen LogP contribution in [-0.2, 0) is 13.0 Å². The standard InChI is InChI=1S/C16H18BrClN2/c1-20(11-13-4-2-3-5-15(13)17)16-7-6-14(18)10-12(16)8-9-19/h2-7,10H,8-9,11,19H2,1H3. The quantitative estimate of drug-likeness (QED) is 0.871. The van der Waals surface area contributed by atoms with Crippen molar-refractivity contribution in [1.29, 1.82) is 0 Å². The summed E-state index contributed by atoms with van der Waals surface area (Å²) in [7, 11) is 2.09. The Labute approximate surface area is 133 Å². The van der Waals surface area contributed by atoms with Crippen molar-refractivity contribution in [2.24, 2.45) is 5.73 Å². The van der Waals surface area contributed by atoms with E-state index >= 15 is 0 Å². The summed E-state index contributed by atoms with van der Waals surface area (Å²) in [4.78, 5) is 2.22. The second-order valence-corrected chi connectivity index (χ2v) is 6.05. The highest BCUT2D eigenvalue weighted by Gasteiger charge is 2.09. The van der Waals surface area contributed by atoms with Crippen LogP contribution in [0, 0.1) is 0 Å². The number of nitrogens with two attached hydrogens (primary N) is 1. The third-order valence-corrected chi connectivity index (χ3v) is 4.24. The van der Waals surface area contributed by atoms with Gasteiger partial charge in [-0.25, -0.2) is 0 Å². The van der Waals surface area contributed by atoms with E-state index in [1.807, 2.05) is 18.2 Å². The first kappa shape index (κ1) is 15.4. The third kappa shape index (κ3) is 3.75. The van der Waals surface area contributed by atoms with Crippen LogP contribution in [0.3, 0.4) is 0 Å². The predicted octanol–water partition coefficient (Wildman–Crippen LogP) is 4.24. The zero-order chi connectivity index (χ0) is 14.5. The molecule has 2 aromatic carbocycles. The summed E-state index contributed by atoms with van der Waals surface area (Å²) in [6, 6.07) is 14.2. The summed E-state index contributed by atoms with van der Waals surface area (Å²) in [6.07, 6.45) is 0.830. The molecule has 0 saturated carbocycles. The molecule has 20 heavy (non-hydrogen) atoms. The SMILES string of the molecule is CN(Cc1ccccc1Br)c1ccc(Cl)cc1CCN. The number of nitrogens with zero attached hydrogens (tertiary/aromatic N) is 1. The molecule has 0 spiro atoms. The lowest BCUT2D eigenvalue weighted by atomic mass is 10.1. The van der Waals surface area contributed by atoms with Crippen LogP contribution in [0.5, 0.6) is 0 Å². The van der Waals surface area contributed by atoms with Gasteiger partial charge in [0.2, 0.25) is 0 Å². The highest BCUT2D eigenvalue weighted by Crippen LogP contribution is 2.26. The van der Waals surface area contributed by atoms with Crippen molar-refractivity contribution < 1.29 is 0 Å². The van der Waals surface area contributed by atoms with Crippen LogP contribution < -0.4 is 10.6 Å². The van der Waals surface area contributed by atoms with Crippen molar-refractivity contribution in [2.45, 2.75) is 13.0 Å². The van der Waals surface area contributed by atoms with E-state index < -0.39 is 0 Å². The molecule has 0 aliphatic heterocycles. The molecule has 0 heterocycles. The maximum Gasteiger partial charge on any atom is 0.0437 e. The second kappa shape index (κ2) is 7.11. The Hall–Kier alpha value is -1.03. The molecule has 106 valence electrons. The molecule has 0 saturated heterocycles. The highest BCUT2D eigenvalue weighted by atomic mass is 79.9. The minimum Gasteiger partial charge on any atom is -0.370 e. The Morgan fingerprint density at radius 1 is 1.15 bits per heavy atom. The fourth-order valence-corrected chi connectivity index (χ4v) is 2.85. The van der Waals surface area contributed by atoms with Gasteiger partial charge in [0, 0.05) is 28.8 Å². The Balaban J connectivity index is 2.25. The molecular formula is C16H18BrClN2. The van der Waals surface area contributed by atoms with Gasteiger partial charge in [-0.2, -0.15) is 0 Å². The van der Waals surface area contributed by atoms with Gasteiger partial charge in [0.15, 0.2) is 0 Å². The number of benzene rings is 2. The Morgan fingerprint density at radius 3 is 2.60 bits per heavy atom. The maximum absolute atomic E-state index is 6.08. The van der Waals surface area contributed by atoms with Crippen molar-refractivity contribution in [2.75, 3.05) is 18.5 Å². The van der Waals surface area contributed by atoms with Crippen molar-refractivity contribution in [3.63, 3.8) is 0 Å². The van der Waals surface area contributed by atoms with E-state index in [0.29, 0.717) is 6.54 Å². The molecule has 0 aliphatic rings. The molecule has 2 rings (SSSR count). The minimum atomic E-state index is 0.621. The Morgan fingerprint density at radius 2 is 1.90 bits per heavy atom. The van der Waals surface area contributed by atoms with Gasteiger partial charge in [0.1, 0.15) is 0 Å². The van der Waals surface area contributed by atoms with E-state index in [1.165, 1.54) is 16.8 Å². The third-order valence-electron chi connectivity index (χ3n) is 3.23. The van der Waals surface area contributed by atoms with Gasteiger partial charge in [-0.05, 0) is 48.4 Å². The van der Waals surface area contributed by atoms with Gasteiger partial charge in [-0.1, -0.05) is 45.7 Å². The average molecular weight is 354 g/mol. The highest BCUT2D eigenvalue weighted by molar-refractivity contribution is 9.10. The normalized spacial score (nSPS) is 10.6. The van der Waals surface area contributed by atoms with Crippen LogP contribution in [-0.4, -0.2) is 13.6 Å². The fraction of sp³-hybridized carbons (Fsp3) is 0.250. The summed E-state index contributed by atoms with van der Waals surface area (Å²) in [5, 5.41) is 0.756. The molecule has 0 atom stereocenters. The van der Waals surface area contributed by atoms with E-state index in [4.69, 9.17) is 17.3 Å². The smallest absolute Gasteiger partial charge is 0.0437 e. The number of anilines is 1. The van der Waals surface area contributed by atoms with Crippen LogP contribution >= 0.6 is 27.5 Å². The summed E-state index contributed by atoms with van der Waals surface area (Å²) in [6.45, 7) is 1.46. The molecule has 0 radical (unpaired) electrons. The molecule has 4 heteroatoms. The molecule has 0 unspecified atom stereocenters. The van der Waals surface area contributed by atoms with E-state index in [2.05, 4.69) is 52.1 Å². The van der Waals surface area contributed by atoms with Gasteiger partial charge >= 0.3 is 0 Å². The fourth-order valence-electron chi connectivity index (χ4n) is 2.25. The van der Waals surface area contributed by atoms with Gasteiger partial charge in [0.25, 0.3) is 0 Å². The van der Waals surface area contributed by atoms with E-state index in [0.717, 1.165) is 22.5 Å². The average Bonchev–Trinajstić information content (AvgIpc) is 2.42. The lowest BCUT2D eigenvalue weighted by molar-refractivity contribution is 0.890. The van der Waals surface area contributed by atoms with E-state index in [1.54, 1.807) is 0 Å². The summed E-state index contributed by atoms with van der Waals surface area (Å²) >= 11 is 9.67. The first-order valence-electron chi connectivity index (χ1n) is 6.55. The van der Waals surface area contributed by atoms with Crippen molar-refractivity contribution >= 4 is 33.2 Å². The number of halogens is 2. The van der Waals surface area contributed by atoms with E-state index in [-0.39, 0.29) is 0 Å². The summed E-state index contributed by atoms with van der Waals surface area (Å²) < 4.78 is 1.13. The monoisotopic (exact) mass is 352 g/mol. The number of hydrogen-bond acceptors (Lipinski definition) is 2. The predicted molar refractivity (Wildman–Crippen MR) is 90.5 cm³/mol. The topological polar surface area (TPSA) is 29.3 Å². The number of hydrogen-bond donors (Lipinski definition) is 1. The zero-order valence-electron chi connectivity index (χ0n) is 11.4. The lowest BCUT2D eigenvalue weighted by Gasteiger charge is -2.23. The van der Waals surface area contributed by atoms with Crippen LogP contribution in [0.15, 0.2) is 46.9 Å². The van der Waals surface area contributed by atoms with Crippen LogP contribution in [0.25, 0.3) is 0 Å². The molecule has 2 N–H and O–H groups in total.